The Labute approximate surface area is 108 Å². The highest BCUT2D eigenvalue weighted by atomic mass is 15.0. The maximum absolute atomic E-state index is 6.18. The number of hydrogen-bond donors (Lipinski definition) is 2. The Hall–Kier alpha value is -0.0800. The van der Waals surface area contributed by atoms with Crippen LogP contribution in [-0.2, 0) is 0 Å². The molecule has 0 heterocycles. The van der Waals surface area contributed by atoms with E-state index in [1.165, 1.54) is 32.1 Å². The van der Waals surface area contributed by atoms with Crippen molar-refractivity contribution in [2.45, 2.75) is 84.2 Å². The molecule has 102 valence electrons. The molecule has 2 nitrogen and oxygen atoms in total. The molecular weight excluding hydrogens is 208 g/mol. The lowest BCUT2D eigenvalue weighted by molar-refractivity contribution is 0.246. The summed E-state index contributed by atoms with van der Waals surface area (Å²) >= 11 is 0. The third-order valence-electron chi connectivity index (χ3n) is 3.90. The van der Waals surface area contributed by atoms with Gasteiger partial charge in [0.05, 0.1) is 0 Å². The lowest BCUT2D eigenvalue weighted by Gasteiger charge is -2.35. The molecule has 1 fully saturated rings. The largest absolute Gasteiger partial charge is 0.328 e. The zero-order chi connectivity index (χ0) is 12.9. The first-order valence-electron chi connectivity index (χ1n) is 7.31. The molecule has 0 aromatic heterocycles. The van der Waals surface area contributed by atoms with E-state index in [9.17, 15) is 0 Å². The predicted octanol–water partition coefficient (Wildman–Crippen LogP) is 3.45. The molecule has 1 aliphatic carbocycles. The third-order valence-corrected chi connectivity index (χ3v) is 3.90. The molecular formula is C15H32N2. The quantitative estimate of drug-likeness (QED) is 0.772. The van der Waals surface area contributed by atoms with Crippen molar-refractivity contribution >= 4 is 0 Å². The van der Waals surface area contributed by atoms with Crippen molar-refractivity contribution in [2.75, 3.05) is 6.54 Å². The summed E-state index contributed by atoms with van der Waals surface area (Å²) in [5.41, 5.74) is 6.92. The highest BCUT2D eigenvalue weighted by molar-refractivity contribution is 4.86. The topological polar surface area (TPSA) is 38.0 Å². The minimum Gasteiger partial charge on any atom is -0.328 e. The van der Waals surface area contributed by atoms with E-state index >= 15 is 0 Å². The van der Waals surface area contributed by atoms with Gasteiger partial charge in [-0.3, -0.25) is 0 Å². The molecule has 0 radical (unpaired) electrons. The van der Waals surface area contributed by atoms with Crippen LogP contribution in [0.15, 0.2) is 0 Å². The van der Waals surface area contributed by atoms with Gasteiger partial charge in [-0.05, 0) is 44.6 Å². The molecule has 1 saturated carbocycles. The van der Waals surface area contributed by atoms with Crippen LogP contribution in [-0.4, -0.2) is 18.1 Å². The monoisotopic (exact) mass is 240 g/mol. The van der Waals surface area contributed by atoms with E-state index in [0.29, 0.717) is 17.0 Å². The Morgan fingerprint density at radius 3 is 2.29 bits per heavy atom. The first-order chi connectivity index (χ1) is 7.81. The van der Waals surface area contributed by atoms with Crippen molar-refractivity contribution < 1.29 is 0 Å². The van der Waals surface area contributed by atoms with Crippen LogP contribution in [0.4, 0.5) is 0 Å². The van der Waals surface area contributed by atoms with Gasteiger partial charge in [-0.2, -0.15) is 0 Å². The molecule has 0 aromatic rings. The first-order valence-corrected chi connectivity index (χ1v) is 7.31. The van der Waals surface area contributed by atoms with Gasteiger partial charge in [0, 0.05) is 11.6 Å². The van der Waals surface area contributed by atoms with Gasteiger partial charge in [0.25, 0.3) is 0 Å². The minimum atomic E-state index is 0.342. The van der Waals surface area contributed by atoms with Gasteiger partial charge >= 0.3 is 0 Å². The summed E-state index contributed by atoms with van der Waals surface area (Å²) in [6.07, 6.45) is 9.08. The van der Waals surface area contributed by atoms with Crippen molar-refractivity contribution in [2.24, 2.45) is 11.1 Å². The van der Waals surface area contributed by atoms with E-state index in [0.717, 1.165) is 19.4 Å². The van der Waals surface area contributed by atoms with Gasteiger partial charge in [-0.25, -0.2) is 0 Å². The minimum absolute atomic E-state index is 0.342. The first kappa shape index (κ1) is 15.0. The number of rotatable bonds is 5. The van der Waals surface area contributed by atoms with Crippen LogP contribution in [0, 0.1) is 5.41 Å². The van der Waals surface area contributed by atoms with Crippen LogP contribution in [0.5, 0.6) is 0 Å². The van der Waals surface area contributed by atoms with Crippen LogP contribution in [0.3, 0.4) is 0 Å². The van der Waals surface area contributed by atoms with Gasteiger partial charge in [0.1, 0.15) is 0 Å². The summed E-state index contributed by atoms with van der Waals surface area (Å²) in [6, 6.07) is 0.342. The van der Waals surface area contributed by atoms with Crippen LogP contribution < -0.4 is 11.1 Å². The molecule has 0 bridgehead atoms. The molecule has 1 rings (SSSR count). The molecule has 2 heteroatoms. The molecule has 0 amide bonds. The maximum Gasteiger partial charge on any atom is 0.0153 e. The van der Waals surface area contributed by atoms with E-state index in [2.05, 4.69) is 33.0 Å². The molecule has 17 heavy (non-hydrogen) atoms. The SMILES string of the molecule is CC(C)(C)CC(N)CCNC1(C)CCCCC1. The zero-order valence-electron chi connectivity index (χ0n) is 12.3. The van der Waals surface area contributed by atoms with E-state index in [1.54, 1.807) is 0 Å². The van der Waals surface area contributed by atoms with E-state index in [-0.39, 0.29) is 0 Å². The average molecular weight is 240 g/mol. The second-order valence-corrected chi connectivity index (χ2v) is 7.36. The fourth-order valence-corrected chi connectivity index (χ4v) is 2.96. The summed E-state index contributed by atoms with van der Waals surface area (Å²) in [4.78, 5) is 0. The van der Waals surface area contributed by atoms with E-state index in [1.807, 2.05) is 0 Å². The number of nitrogens with one attached hydrogen (secondary N) is 1. The summed E-state index contributed by atoms with van der Waals surface area (Å²) < 4.78 is 0. The summed E-state index contributed by atoms with van der Waals surface area (Å²) in [5.74, 6) is 0. The lowest BCUT2D eigenvalue weighted by atomic mass is 9.83. The molecule has 1 aliphatic rings. The Morgan fingerprint density at radius 1 is 1.18 bits per heavy atom. The number of hydrogen-bond acceptors (Lipinski definition) is 2. The molecule has 0 aromatic carbocycles. The van der Waals surface area contributed by atoms with Crippen molar-refractivity contribution in [3.8, 4) is 0 Å². The molecule has 3 N–H and O–H groups in total. The standard InChI is InChI=1S/C15H32N2/c1-14(2,3)12-13(16)8-11-17-15(4)9-6-5-7-10-15/h13,17H,5-12,16H2,1-4H3. The fourth-order valence-electron chi connectivity index (χ4n) is 2.96. The Morgan fingerprint density at radius 2 is 1.76 bits per heavy atom. The summed E-state index contributed by atoms with van der Waals surface area (Å²) in [5, 5.41) is 3.73. The van der Waals surface area contributed by atoms with Crippen LogP contribution in [0.1, 0.15) is 72.6 Å². The van der Waals surface area contributed by atoms with Gasteiger partial charge in [-0.15, -0.1) is 0 Å². The highest BCUT2D eigenvalue weighted by Gasteiger charge is 2.25. The van der Waals surface area contributed by atoms with Crippen LogP contribution in [0.25, 0.3) is 0 Å². The zero-order valence-corrected chi connectivity index (χ0v) is 12.3. The van der Waals surface area contributed by atoms with Gasteiger partial charge in [0.2, 0.25) is 0 Å². The molecule has 1 unspecified atom stereocenters. The van der Waals surface area contributed by atoms with Gasteiger partial charge in [0.15, 0.2) is 0 Å². The Balaban J connectivity index is 2.18. The second kappa shape index (κ2) is 6.19. The van der Waals surface area contributed by atoms with E-state index in [4.69, 9.17) is 5.73 Å². The summed E-state index contributed by atoms with van der Waals surface area (Å²) in [6.45, 7) is 10.3. The van der Waals surface area contributed by atoms with Gasteiger partial charge < -0.3 is 11.1 Å². The normalized spacial score (nSPS) is 22.4. The predicted molar refractivity (Wildman–Crippen MR) is 76.2 cm³/mol. The van der Waals surface area contributed by atoms with Crippen molar-refractivity contribution in [1.29, 1.82) is 0 Å². The van der Waals surface area contributed by atoms with Crippen molar-refractivity contribution in [1.82, 2.24) is 5.32 Å². The molecule has 0 spiro atoms. The van der Waals surface area contributed by atoms with Gasteiger partial charge in [-0.1, -0.05) is 40.0 Å². The highest BCUT2D eigenvalue weighted by Crippen LogP contribution is 2.27. The van der Waals surface area contributed by atoms with Crippen LogP contribution in [0.2, 0.25) is 0 Å². The Bertz CT molecular complexity index is 211. The average Bonchev–Trinajstić information content (AvgIpc) is 2.15. The third kappa shape index (κ3) is 6.42. The van der Waals surface area contributed by atoms with Crippen molar-refractivity contribution in [3.63, 3.8) is 0 Å². The molecule has 1 atom stereocenters. The number of nitrogens with two attached hydrogens (primary N) is 1. The lowest BCUT2D eigenvalue weighted by Crippen LogP contribution is -2.45. The van der Waals surface area contributed by atoms with Crippen LogP contribution >= 0.6 is 0 Å². The van der Waals surface area contributed by atoms with E-state index < -0.39 is 0 Å². The summed E-state index contributed by atoms with van der Waals surface area (Å²) in [7, 11) is 0. The molecule has 0 aliphatic heterocycles. The smallest absolute Gasteiger partial charge is 0.0153 e. The molecule has 0 saturated heterocycles. The maximum atomic E-state index is 6.18. The second-order valence-electron chi connectivity index (χ2n) is 7.36. The fraction of sp³-hybridized carbons (Fsp3) is 1.00. The van der Waals surface area contributed by atoms with Crippen molar-refractivity contribution in [3.05, 3.63) is 0 Å². The Kier molecular flexibility index (Phi) is 5.46.